The molecule has 0 fully saturated rings. The molecule has 2 N–H and O–H groups in total. The van der Waals surface area contributed by atoms with Crippen LogP contribution >= 0.6 is 15.9 Å². The van der Waals surface area contributed by atoms with Gasteiger partial charge in [0.2, 0.25) is 0 Å². The second kappa shape index (κ2) is 7.43. The van der Waals surface area contributed by atoms with Crippen LogP contribution in [0, 0.1) is 0 Å². The second-order valence-corrected chi connectivity index (χ2v) is 6.33. The van der Waals surface area contributed by atoms with Gasteiger partial charge in [0, 0.05) is 16.1 Å². The van der Waals surface area contributed by atoms with Crippen LogP contribution in [0.1, 0.15) is 32.3 Å². The Kier molecular flexibility index (Phi) is 6.49. The molecule has 0 bridgehead atoms. The number of nitrogens with zero attached hydrogens (tertiary/aromatic N) is 1. The van der Waals surface area contributed by atoms with E-state index in [2.05, 4.69) is 54.8 Å². The predicted octanol–water partition coefficient (Wildman–Crippen LogP) is 3.45. The Hall–Kier alpha value is -0.580. The Morgan fingerprint density at radius 1 is 1.30 bits per heavy atom. The molecule has 0 saturated carbocycles. The van der Waals surface area contributed by atoms with E-state index < -0.39 is 0 Å². The number of ether oxygens (including phenoxy) is 1. The molecule has 1 unspecified atom stereocenters. The van der Waals surface area contributed by atoms with Crippen molar-refractivity contribution in [1.29, 1.82) is 0 Å². The van der Waals surface area contributed by atoms with Gasteiger partial charge in [-0.25, -0.2) is 0 Å². The molecule has 0 saturated heterocycles. The SMILES string of the molecule is CCC(CC)(C(N)Cc1cc(OC)ccc1Br)N(C)C. The van der Waals surface area contributed by atoms with Crippen LogP contribution < -0.4 is 10.5 Å². The summed E-state index contributed by atoms with van der Waals surface area (Å²) in [5.74, 6) is 0.874. The summed E-state index contributed by atoms with van der Waals surface area (Å²) in [6.45, 7) is 4.42. The summed E-state index contributed by atoms with van der Waals surface area (Å²) in [5, 5.41) is 0. The summed E-state index contributed by atoms with van der Waals surface area (Å²) in [6.07, 6.45) is 2.91. The van der Waals surface area contributed by atoms with Gasteiger partial charge in [0.1, 0.15) is 5.75 Å². The van der Waals surface area contributed by atoms with Crippen molar-refractivity contribution in [2.24, 2.45) is 5.73 Å². The Bertz CT molecular complexity index is 430. The molecule has 1 atom stereocenters. The third kappa shape index (κ3) is 3.54. The Labute approximate surface area is 131 Å². The first kappa shape index (κ1) is 17.5. The standard InChI is InChI=1S/C16H27BrN2O/c1-6-16(7-2,19(3)4)15(18)11-12-10-13(20-5)8-9-14(12)17/h8-10,15H,6-7,11,18H2,1-5H3. The Morgan fingerprint density at radius 2 is 1.90 bits per heavy atom. The van der Waals surface area contributed by atoms with Crippen molar-refractivity contribution in [2.75, 3.05) is 21.2 Å². The van der Waals surface area contributed by atoms with E-state index in [0.717, 1.165) is 29.5 Å². The largest absolute Gasteiger partial charge is 0.497 e. The molecule has 1 aromatic carbocycles. The van der Waals surface area contributed by atoms with Crippen molar-refractivity contribution in [3.63, 3.8) is 0 Å². The van der Waals surface area contributed by atoms with E-state index in [0.29, 0.717) is 0 Å². The molecule has 1 aromatic rings. The molecular formula is C16H27BrN2O. The van der Waals surface area contributed by atoms with E-state index >= 15 is 0 Å². The van der Waals surface area contributed by atoms with Crippen molar-refractivity contribution in [3.05, 3.63) is 28.2 Å². The fourth-order valence-electron chi connectivity index (χ4n) is 3.00. The highest BCUT2D eigenvalue weighted by Gasteiger charge is 2.35. The monoisotopic (exact) mass is 342 g/mol. The number of rotatable bonds is 7. The zero-order valence-corrected chi connectivity index (χ0v) is 14.8. The number of likely N-dealkylation sites (N-methyl/N-ethyl adjacent to an activating group) is 1. The third-order valence-corrected chi connectivity index (χ3v) is 5.27. The van der Waals surface area contributed by atoms with Gasteiger partial charge in [-0.05, 0) is 57.1 Å². The summed E-state index contributed by atoms with van der Waals surface area (Å²) < 4.78 is 6.40. The van der Waals surface area contributed by atoms with Crippen molar-refractivity contribution < 1.29 is 4.74 Å². The quantitative estimate of drug-likeness (QED) is 0.824. The van der Waals surface area contributed by atoms with Crippen LogP contribution in [0.2, 0.25) is 0 Å². The van der Waals surface area contributed by atoms with E-state index in [1.165, 1.54) is 5.56 Å². The van der Waals surface area contributed by atoms with Crippen LogP contribution in [-0.4, -0.2) is 37.7 Å². The zero-order chi connectivity index (χ0) is 15.3. The van der Waals surface area contributed by atoms with Gasteiger partial charge in [0.15, 0.2) is 0 Å². The lowest BCUT2D eigenvalue weighted by atomic mass is 9.81. The molecule has 0 heterocycles. The van der Waals surface area contributed by atoms with Crippen LogP contribution in [0.3, 0.4) is 0 Å². The van der Waals surface area contributed by atoms with Crippen LogP contribution in [0.15, 0.2) is 22.7 Å². The lowest BCUT2D eigenvalue weighted by molar-refractivity contribution is 0.105. The van der Waals surface area contributed by atoms with Gasteiger partial charge < -0.3 is 15.4 Å². The number of methoxy groups -OCH3 is 1. The minimum absolute atomic E-state index is 0.0303. The van der Waals surface area contributed by atoms with Crippen LogP contribution in [-0.2, 0) is 6.42 Å². The fraction of sp³-hybridized carbons (Fsp3) is 0.625. The van der Waals surface area contributed by atoms with E-state index in [9.17, 15) is 0 Å². The van der Waals surface area contributed by atoms with E-state index in [4.69, 9.17) is 10.5 Å². The summed E-state index contributed by atoms with van der Waals surface area (Å²) in [6, 6.07) is 6.12. The van der Waals surface area contributed by atoms with Crippen molar-refractivity contribution in [2.45, 2.75) is 44.7 Å². The minimum atomic E-state index is 0.0303. The van der Waals surface area contributed by atoms with Gasteiger partial charge in [-0.15, -0.1) is 0 Å². The third-order valence-electron chi connectivity index (χ3n) is 4.50. The molecule has 3 nitrogen and oxygen atoms in total. The lowest BCUT2D eigenvalue weighted by Crippen LogP contribution is -2.57. The molecule has 0 spiro atoms. The number of benzene rings is 1. The topological polar surface area (TPSA) is 38.5 Å². The number of halogens is 1. The van der Waals surface area contributed by atoms with E-state index in [-0.39, 0.29) is 11.6 Å². The normalized spacial score (nSPS) is 13.6. The molecule has 0 amide bonds. The van der Waals surface area contributed by atoms with Gasteiger partial charge in [0.05, 0.1) is 7.11 Å². The Morgan fingerprint density at radius 3 is 2.35 bits per heavy atom. The molecule has 0 aliphatic heterocycles. The van der Waals surface area contributed by atoms with Crippen molar-refractivity contribution in [1.82, 2.24) is 4.90 Å². The highest BCUT2D eigenvalue weighted by molar-refractivity contribution is 9.10. The van der Waals surface area contributed by atoms with Gasteiger partial charge >= 0.3 is 0 Å². The van der Waals surface area contributed by atoms with Crippen molar-refractivity contribution >= 4 is 15.9 Å². The molecule has 4 heteroatoms. The van der Waals surface area contributed by atoms with Crippen LogP contribution in [0.5, 0.6) is 5.75 Å². The average Bonchev–Trinajstić information content (AvgIpc) is 2.43. The number of hydrogen-bond donors (Lipinski definition) is 1. The molecule has 0 radical (unpaired) electrons. The van der Waals surface area contributed by atoms with Crippen LogP contribution in [0.25, 0.3) is 0 Å². The maximum absolute atomic E-state index is 6.56. The number of nitrogens with two attached hydrogens (primary N) is 1. The molecule has 114 valence electrons. The van der Waals surface area contributed by atoms with E-state index in [1.807, 2.05) is 12.1 Å². The smallest absolute Gasteiger partial charge is 0.119 e. The fourth-order valence-corrected chi connectivity index (χ4v) is 3.41. The molecule has 0 aliphatic rings. The minimum Gasteiger partial charge on any atom is -0.497 e. The lowest BCUT2D eigenvalue weighted by Gasteiger charge is -2.43. The maximum Gasteiger partial charge on any atom is 0.119 e. The van der Waals surface area contributed by atoms with Crippen LogP contribution in [0.4, 0.5) is 0 Å². The second-order valence-electron chi connectivity index (χ2n) is 5.47. The van der Waals surface area contributed by atoms with Gasteiger partial charge in [-0.1, -0.05) is 29.8 Å². The Balaban J connectivity index is 3.02. The summed E-state index contributed by atoms with van der Waals surface area (Å²) >= 11 is 3.61. The summed E-state index contributed by atoms with van der Waals surface area (Å²) in [5.41, 5.74) is 7.79. The highest BCUT2D eigenvalue weighted by atomic mass is 79.9. The van der Waals surface area contributed by atoms with Crippen molar-refractivity contribution in [3.8, 4) is 5.75 Å². The molecular weight excluding hydrogens is 316 g/mol. The first-order valence-corrected chi connectivity index (χ1v) is 7.96. The van der Waals surface area contributed by atoms with E-state index in [1.54, 1.807) is 7.11 Å². The maximum atomic E-state index is 6.56. The molecule has 0 aliphatic carbocycles. The van der Waals surface area contributed by atoms with Gasteiger partial charge in [-0.2, -0.15) is 0 Å². The summed E-state index contributed by atoms with van der Waals surface area (Å²) in [7, 11) is 5.93. The predicted molar refractivity (Wildman–Crippen MR) is 89.4 cm³/mol. The molecule has 20 heavy (non-hydrogen) atoms. The highest BCUT2D eigenvalue weighted by Crippen LogP contribution is 2.30. The first-order valence-electron chi connectivity index (χ1n) is 7.16. The van der Waals surface area contributed by atoms with Gasteiger partial charge in [0.25, 0.3) is 0 Å². The molecule has 0 aromatic heterocycles. The van der Waals surface area contributed by atoms with Gasteiger partial charge in [-0.3, -0.25) is 0 Å². The zero-order valence-electron chi connectivity index (χ0n) is 13.2. The number of hydrogen-bond acceptors (Lipinski definition) is 3. The average molecular weight is 343 g/mol. The first-order chi connectivity index (χ1) is 9.41. The summed E-state index contributed by atoms with van der Waals surface area (Å²) in [4.78, 5) is 2.27. The molecule has 1 rings (SSSR count).